The van der Waals surface area contributed by atoms with Crippen molar-refractivity contribution in [2.24, 2.45) is 0 Å². The van der Waals surface area contributed by atoms with Crippen molar-refractivity contribution in [3.05, 3.63) is 28.8 Å². The van der Waals surface area contributed by atoms with E-state index in [4.69, 9.17) is 5.26 Å². The lowest BCUT2D eigenvalue weighted by molar-refractivity contribution is 1.39. The lowest BCUT2D eigenvalue weighted by atomic mass is 10.2. The van der Waals surface area contributed by atoms with E-state index in [1.54, 1.807) is 0 Å². The zero-order valence-corrected chi connectivity index (χ0v) is 9.35. The smallest absolute Gasteiger partial charge is 0.195 e. The molecule has 0 saturated carbocycles. The van der Waals surface area contributed by atoms with Crippen LogP contribution in [-0.4, -0.2) is 4.98 Å². The Morgan fingerprint density at radius 1 is 1.36 bits per heavy atom. The maximum atomic E-state index is 8.61. The second-order valence-electron chi connectivity index (χ2n) is 2.60. The largest absolute Gasteiger partial charge is 0.226 e. The molecule has 2 rings (SSSR count). The van der Waals surface area contributed by atoms with E-state index in [2.05, 4.69) is 4.98 Å². The molecule has 0 spiro atoms. The van der Waals surface area contributed by atoms with Crippen LogP contribution in [0.25, 0.3) is 10.2 Å². The van der Waals surface area contributed by atoms with Crippen molar-refractivity contribution in [3.8, 4) is 6.07 Å². The normalized spacial score (nSPS) is 9.00. The summed E-state index contributed by atoms with van der Waals surface area (Å²) in [6.45, 7) is 6.03. The second kappa shape index (κ2) is 4.73. The second-order valence-corrected chi connectivity index (χ2v) is 3.63. The number of thiazole rings is 1. The maximum absolute atomic E-state index is 8.61. The highest BCUT2D eigenvalue weighted by molar-refractivity contribution is 7.19. The minimum atomic E-state index is 0.538. The molecule has 0 aliphatic carbocycles. The molecule has 1 aromatic carbocycles. The molecule has 0 atom stereocenters. The van der Waals surface area contributed by atoms with Gasteiger partial charge in [0.1, 0.15) is 6.07 Å². The van der Waals surface area contributed by atoms with E-state index in [-0.39, 0.29) is 0 Å². The first-order valence-corrected chi connectivity index (χ1v) is 5.38. The molecule has 14 heavy (non-hydrogen) atoms. The van der Waals surface area contributed by atoms with Crippen LogP contribution in [0.5, 0.6) is 0 Å². The van der Waals surface area contributed by atoms with Gasteiger partial charge in [-0.25, -0.2) is 4.98 Å². The molecule has 3 heteroatoms. The van der Waals surface area contributed by atoms with Gasteiger partial charge in [-0.2, -0.15) is 5.26 Å². The number of aryl methyl sites for hydroxylation is 1. The monoisotopic (exact) mass is 204 g/mol. The average Bonchev–Trinajstić information content (AvgIpc) is 2.62. The Kier molecular flexibility index (Phi) is 3.61. The van der Waals surface area contributed by atoms with Gasteiger partial charge in [0.15, 0.2) is 5.01 Å². The van der Waals surface area contributed by atoms with Gasteiger partial charge in [-0.15, -0.1) is 11.3 Å². The van der Waals surface area contributed by atoms with Gasteiger partial charge in [0.2, 0.25) is 0 Å². The molecule has 0 N–H and O–H groups in total. The van der Waals surface area contributed by atoms with Crippen molar-refractivity contribution >= 4 is 21.6 Å². The molecule has 72 valence electrons. The van der Waals surface area contributed by atoms with E-state index in [9.17, 15) is 0 Å². The quantitative estimate of drug-likeness (QED) is 0.658. The van der Waals surface area contributed by atoms with Gasteiger partial charge in [0.05, 0.1) is 10.2 Å². The van der Waals surface area contributed by atoms with Crippen LogP contribution in [0.4, 0.5) is 0 Å². The molecule has 0 fully saturated rings. The summed E-state index contributed by atoms with van der Waals surface area (Å²) in [5, 5.41) is 9.14. The molecular weight excluding hydrogens is 192 g/mol. The van der Waals surface area contributed by atoms with Crippen LogP contribution < -0.4 is 0 Å². The van der Waals surface area contributed by atoms with Gasteiger partial charge in [0.25, 0.3) is 0 Å². The third-order valence-electron chi connectivity index (χ3n) is 1.64. The van der Waals surface area contributed by atoms with E-state index in [0.717, 1.165) is 10.2 Å². The number of rotatable bonds is 0. The van der Waals surface area contributed by atoms with Gasteiger partial charge in [0, 0.05) is 0 Å². The number of nitriles is 1. The van der Waals surface area contributed by atoms with Crippen molar-refractivity contribution in [2.45, 2.75) is 20.8 Å². The summed E-state index contributed by atoms with van der Waals surface area (Å²) in [4.78, 5) is 4.13. The Bertz CT molecular complexity index is 466. The third kappa shape index (κ3) is 2.09. The molecule has 0 aliphatic heterocycles. The molecule has 0 bridgehead atoms. The first kappa shape index (κ1) is 10.7. The molecule has 1 aromatic heterocycles. The van der Waals surface area contributed by atoms with Crippen molar-refractivity contribution in [1.82, 2.24) is 4.98 Å². The van der Waals surface area contributed by atoms with Crippen LogP contribution in [0.1, 0.15) is 24.4 Å². The van der Waals surface area contributed by atoms with Crippen LogP contribution in [-0.2, 0) is 0 Å². The molecule has 2 aromatic rings. The lowest BCUT2D eigenvalue weighted by Gasteiger charge is -1.88. The predicted octanol–water partition coefficient (Wildman–Crippen LogP) is 3.50. The van der Waals surface area contributed by atoms with Crippen molar-refractivity contribution in [2.75, 3.05) is 0 Å². The Balaban J connectivity index is 0.000000461. The first-order valence-electron chi connectivity index (χ1n) is 4.57. The average molecular weight is 204 g/mol. The summed E-state index contributed by atoms with van der Waals surface area (Å²) in [6.07, 6.45) is 0. The van der Waals surface area contributed by atoms with Gasteiger partial charge in [-0.1, -0.05) is 19.9 Å². The minimum Gasteiger partial charge on any atom is -0.226 e. The first-order chi connectivity index (χ1) is 6.79. The highest BCUT2D eigenvalue weighted by atomic mass is 32.1. The van der Waals surface area contributed by atoms with Crippen molar-refractivity contribution in [1.29, 1.82) is 5.26 Å². The summed E-state index contributed by atoms with van der Waals surface area (Å²) in [6, 6.07) is 8.04. The van der Waals surface area contributed by atoms with Crippen LogP contribution in [0.3, 0.4) is 0 Å². The van der Waals surface area contributed by atoms with E-state index < -0.39 is 0 Å². The number of hydrogen-bond acceptors (Lipinski definition) is 3. The topological polar surface area (TPSA) is 36.7 Å². The minimum absolute atomic E-state index is 0.538. The van der Waals surface area contributed by atoms with E-state index in [1.165, 1.54) is 16.9 Å². The van der Waals surface area contributed by atoms with E-state index in [1.807, 2.05) is 45.0 Å². The zero-order chi connectivity index (χ0) is 10.6. The van der Waals surface area contributed by atoms with Crippen LogP contribution in [0, 0.1) is 18.3 Å². The highest BCUT2D eigenvalue weighted by Gasteiger charge is 2.01. The fourth-order valence-electron chi connectivity index (χ4n) is 1.08. The van der Waals surface area contributed by atoms with Crippen molar-refractivity contribution in [3.63, 3.8) is 0 Å². The summed E-state index contributed by atoms with van der Waals surface area (Å²) in [5.74, 6) is 0. The number of hydrogen-bond donors (Lipinski definition) is 0. The molecule has 0 aliphatic rings. The SMILES string of the molecule is CC.Cc1ccc2nc(C#N)sc2c1. The van der Waals surface area contributed by atoms with Crippen LogP contribution in [0.15, 0.2) is 18.2 Å². The molecular formula is C11H12N2S. The standard InChI is InChI=1S/C9H6N2S.C2H6/c1-6-2-3-7-8(4-6)12-9(5-10)11-7;1-2/h2-4H,1H3;1-2H3. The van der Waals surface area contributed by atoms with Crippen molar-refractivity contribution < 1.29 is 0 Å². The van der Waals surface area contributed by atoms with Crippen LogP contribution in [0.2, 0.25) is 0 Å². The van der Waals surface area contributed by atoms with Crippen LogP contribution >= 0.6 is 11.3 Å². The Labute approximate surface area is 87.8 Å². The summed E-state index contributed by atoms with van der Waals surface area (Å²) < 4.78 is 1.09. The number of aromatic nitrogens is 1. The lowest BCUT2D eigenvalue weighted by Crippen LogP contribution is -1.71. The summed E-state index contributed by atoms with van der Waals surface area (Å²) in [5.41, 5.74) is 2.12. The number of benzene rings is 1. The fraction of sp³-hybridized carbons (Fsp3) is 0.273. The highest BCUT2D eigenvalue weighted by Crippen LogP contribution is 2.22. The number of nitrogens with zero attached hydrogens (tertiary/aromatic N) is 2. The molecule has 0 radical (unpaired) electrons. The Morgan fingerprint density at radius 2 is 2.07 bits per heavy atom. The molecule has 1 heterocycles. The predicted molar refractivity (Wildman–Crippen MR) is 60.4 cm³/mol. The van der Waals surface area contributed by atoms with E-state index in [0.29, 0.717) is 5.01 Å². The molecule has 2 nitrogen and oxygen atoms in total. The van der Waals surface area contributed by atoms with Gasteiger partial charge in [-0.3, -0.25) is 0 Å². The number of fused-ring (bicyclic) bond motifs is 1. The van der Waals surface area contributed by atoms with Gasteiger partial charge < -0.3 is 0 Å². The molecule has 0 amide bonds. The fourth-order valence-corrected chi connectivity index (χ4v) is 1.94. The maximum Gasteiger partial charge on any atom is 0.195 e. The van der Waals surface area contributed by atoms with Gasteiger partial charge >= 0.3 is 0 Å². The Hall–Kier alpha value is -1.40. The Morgan fingerprint density at radius 3 is 2.71 bits per heavy atom. The zero-order valence-electron chi connectivity index (χ0n) is 8.53. The summed E-state index contributed by atoms with van der Waals surface area (Å²) >= 11 is 1.44. The third-order valence-corrected chi connectivity index (χ3v) is 2.56. The molecule has 0 saturated heterocycles. The summed E-state index contributed by atoms with van der Waals surface area (Å²) in [7, 11) is 0. The molecule has 0 unspecified atom stereocenters. The van der Waals surface area contributed by atoms with E-state index >= 15 is 0 Å². The van der Waals surface area contributed by atoms with Gasteiger partial charge in [-0.05, 0) is 24.6 Å².